The first kappa shape index (κ1) is 6.97. The number of oxazole rings is 1. The number of hydrogen-bond donors (Lipinski definition) is 0. The van der Waals surface area contributed by atoms with Crippen molar-refractivity contribution in [3.8, 4) is 11.5 Å². The zero-order valence-electron chi connectivity index (χ0n) is 6.07. The van der Waals surface area contributed by atoms with E-state index in [-0.39, 0.29) is 5.82 Å². The molecular formula is C8H5FN2O. The Labute approximate surface area is 67.9 Å². The molecule has 0 unspecified atom stereocenters. The van der Waals surface area contributed by atoms with Crippen molar-refractivity contribution in [2.45, 2.75) is 0 Å². The summed E-state index contributed by atoms with van der Waals surface area (Å²) in [7, 11) is 0. The third kappa shape index (κ3) is 1.18. The maximum absolute atomic E-state index is 12.4. The van der Waals surface area contributed by atoms with E-state index < -0.39 is 0 Å². The van der Waals surface area contributed by atoms with Gasteiger partial charge in [0, 0.05) is 0 Å². The monoisotopic (exact) mass is 164 g/mol. The van der Waals surface area contributed by atoms with E-state index in [1.165, 1.54) is 24.7 Å². The van der Waals surface area contributed by atoms with E-state index in [1.54, 1.807) is 0 Å². The van der Waals surface area contributed by atoms with Crippen LogP contribution in [0.4, 0.5) is 4.39 Å². The van der Waals surface area contributed by atoms with Crippen molar-refractivity contribution in [2.75, 3.05) is 0 Å². The fourth-order valence-corrected chi connectivity index (χ4v) is 0.864. The molecule has 60 valence electrons. The van der Waals surface area contributed by atoms with Gasteiger partial charge in [0.1, 0.15) is 11.5 Å². The fraction of sp³-hybridized carbons (Fsp3) is 0. The second kappa shape index (κ2) is 2.73. The van der Waals surface area contributed by atoms with Gasteiger partial charge in [-0.25, -0.2) is 14.4 Å². The number of aromatic nitrogens is 2. The maximum atomic E-state index is 12.4. The van der Waals surface area contributed by atoms with E-state index in [1.807, 2.05) is 0 Å². The lowest BCUT2D eigenvalue weighted by Crippen LogP contribution is -1.81. The van der Waals surface area contributed by atoms with Crippen LogP contribution in [0.2, 0.25) is 0 Å². The first-order valence-corrected chi connectivity index (χ1v) is 3.37. The Hall–Kier alpha value is -1.71. The summed E-state index contributed by atoms with van der Waals surface area (Å²) in [5.74, 6) is 0.174. The second-order valence-electron chi connectivity index (χ2n) is 2.23. The van der Waals surface area contributed by atoms with E-state index in [4.69, 9.17) is 4.42 Å². The van der Waals surface area contributed by atoms with Crippen LogP contribution in [0, 0.1) is 5.82 Å². The minimum atomic E-state index is -0.363. The van der Waals surface area contributed by atoms with Crippen LogP contribution in [0.15, 0.2) is 35.3 Å². The Balaban J connectivity index is 2.43. The molecule has 4 heteroatoms. The average Bonchev–Trinajstić information content (AvgIpc) is 2.58. The molecule has 0 radical (unpaired) electrons. The topological polar surface area (TPSA) is 38.9 Å². The number of pyridine rings is 1. The van der Waals surface area contributed by atoms with Crippen LogP contribution in [-0.4, -0.2) is 9.97 Å². The Bertz CT molecular complexity index is 355. The van der Waals surface area contributed by atoms with E-state index in [0.29, 0.717) is 11.5 Å². The summed E-state index contributed by atoms with van der Waals surface area (Å²) in [6, 6.07) is 2.86. The van der Waals surface area contributed by atoms with Gasteiger partial charge in [0.25, 0.3) is 0 Å². The van der Waals surface area contributed by atoms with Gasteiger partial charge < -0.3 is 4.42 Å². The highest BCUT2D eigenvalue weighted by Gasteiger charge is 2.01. The molecular weight excluding hydrogens is 159 g/mol. The van der Waals surface area contributed by atoms with Crippen LogP contribution >= 0.6 is 0 Å². The van der Waals surface area contributed by atoms with Gasteiger partial charge in [-0.15, -0.1) is 0 Å². The van der Waals surface area contributed by atoms with Crippen molar-refractivity contribution < 1.29 is 8.81 Å². The van der Waals surface area contributed by atoms with Crippen molar-refractivity contribution >= 4 is 0 Å². The molecule has 0 saturated heterocycles. The van der Waals surface area contributed by atoms with Gasteiger partial charge in [0.05, 0.1) is 12.4 Å². The number of rotatable bonds is 1. The van der Waals surface area contributed by atoms with Crippen molar-refractivity contribution in [2.24, 2.45) is 0 Å². The molecule has 0 amide bonds. The molecule has 3 nitrogen and oxygen atoms in total. The summed E-state index contributed by atoms with van der Waals surface area (Å²) in [5, 5.41) is 0. The lowest BCUT2D eigenvalue weighted by molar-refractivity contribution is 0.568. The highest BCUT2D eigenvalue weighted by atomic mass is 19.1. The number of nitrogens with zero attached hydrogens (tertiary/aromatic N) is 2. The molecule has 2 aromatic heterocycles. The van der Waals surface area contributed by atoms with Gasteiger partial charge in [-0.2, -0.15) is 0 Å². The molecule has 0 N–H and O–H groups in total. The van der Waals surface area contributed by atoms with Gasteiger partial charge in [-0.1, -0.05) is 0 Å². The van der Waals surface area contributed by atoms with E-state index in [9.17, 15) is 4.39 Å². The molecule has 12 heavy (non-hydrogen) atoms. The molecule has 0 aliphatic carbocycles. The third-order valence-electron chi connectivity index (χ3n) is 1.41. The number of hydrogen-bond acceptors (Lipinski definition) is 3. The molecule has 0 atom stereocenters. The molecule has 2 heterocycles. The molecule has 0 aromatic carbocycles. The zero-order valence-corrected chi connectivity index (χ0v) is 6.07. The first-order valence-electron chi connectivity index (χ1n) is 3.37. The predicted molar refractivity (Wildman–Crippen MR) is 39.7 cm³/mol. The lowest BCUT2D eigenvalue weighted by atomic mass is 10.3. The van der Waals surface area contributed by atoms with Crippen LogP contribution in [0.5, 0.6) is 0 Å². The summed E-state index contributed by atoms with van der Waals surface area (Å²) in [4.78, 5) is 7.53. The average molecular weight is 164 g/mol. The van der Waals surface area contributed by atoms with Gasteiger partial charge in [-0.3, -0.25) is 0 Å². The fourth-order valence-electron chi connectivity index (χ4n) is 0.864. The van der Waals surface area contributed by atoms with E-state index in [2.05, 4.69) is 9.97 Å². The summed E-state index contributed by atoms with van der Waals surface area (Å²) in [6.45, 7) is 0. The molecule has 0 fully saturated rings. The quantitative estimate of drug-likeness (QED) is 0.645. The van der Waals surface area contributed by atoms with Crippen LogP contribution in [0.3, 0.4) is 0 Å². The van der Waals surface area contributed by atoms with Gasteiger partial charge in [-0.05, 0) is 12.1 Å². The minimum absolute atomic E-state index is 0.363. The van der Waals surface area contributed by atoms with Gasteiger partial charge in [0.2, 0.25) is 0 Å². The lowest BCUT2D eigenvalue weighted by Gasteiger charge is -1.92. The second-order valence-corrected chi connectivity index (χ2v) is 2.23. The molecule has 0 bridgehead atoms. The van der Waals surface area contributed by atoms with Crippen molar-refractivity contribution in [3.63, 3.8) is 0 Å². The van der Waals surface area contributed by atoms with E-state index >= 15 is 0 Å². The zero-order chi connectivity index (χ0) is 8.39. The van der Waals surface area contributed by atoms with Crippen molar-refractivity contribution in [3.05, 3.63) is 36.7 Å². The van der Waals surface area contributed by atoms with Crippen molar-refractivity contribution in [1.82, 2.24) is 9.97 Å². The number of halogens is 1. The summed E-state index contributed by atoms with van der Waals surface area (Å²) < 4.78 is 17.4. The normalized spacial score (nSPS) is 10.1. The van der Waals surface area contributed by atoms with Gasteiger partial charge in [0.15, 0.2) is 12.2 Å². The van der Waals surface area contributed by atoms with Crippen LogP contribution in [-0.2, 0) is 0 Å². The van der Waals surface area contributed by atoms with Crippen LogP contribution in [0.1, 0.15) is 0 Å². The summed E-state index contributed by atoms with van der Waals surface area (Å²) >= 11 is 0. The standard InChI is InChI=1S/C8H5FN2O/c9-6-1-2-7(11-3-6)8-4-10-5-12-8/h1-5H. The Morgan fingerprint density at radius 2 is 2.17 bits per heavy atom. The minimum Gasteiger partial charge on any atom is -0.442 e. The Morgan fingerprint density at radius 3 is 2.75 bits per heavy atom. The Kier molecular flexibility index (Phi) is 1.59. The molecule has 0 aliphatic heterocycles. The molecule has 0 aliphatic rings. The largest absolute Gasteiger partial charge is 0.442 e. The summed E-state index contributed by atoms with van der Waals surface area (Å²) in [5.41, 5.74) is 0.578. The van der Waals surface area contributed by atoms with Crippen LogP contribution in [0.25, 0.3) is 11.5 Å². The van der Waals surface area contributed by atoms with Crippen LogP contribution < -0.4 is 0 Å². The SMILES string of the molecule is Fc1ccc(-c2cnco2)nc1. The van der Waals surface area contributed by atoms with E-state index in [0.717, 1.165) is 6.20 Å². The maximum Gasteiger partial charge on any atom is 0.181 e. The highest BCUT2D eigenvalue weighted by Crippen LogP contribution is 2.14. The van der Waals surface area contributed by atoms with Crippen molar-refractivity contribution in [1.29, 1.82) is 0 Å². The first-order chi connectivity index (χ1) is 5.86. The Morgan fingerprint density at radius 1 is 1.25 bits per heavy atom. The smallest absolute Gasteiger partial charge is 0.181 e. The van der Waals surface area contributed by atoms with Gasteiger partial charge >= 0.3 is 0 Å². The highest BCUT2D eigenvalue weighted by molar-refractivity contribution is 5.49. The molecule has 0 spiro atoms. The molecule has 2 aromatic rings. The third-order valence-corrected chi connectivity index (χ3v) is 1.41. The molecule has 2 rings (SSSR count). The predicted octanol–water partition coefficient (Wildman–Crippen LogP) is 1.88. The summed E-state index contributed by atoms with van der Waals surface area (Å²) in [6.07, 6.45) is 3.97. The molecule has 0 saturated carbocycles.